The number of fused-ring (bicyclic) bond motifs is 1. The minimum atomic E-state index is -4.95. The largest absolute Gasteiger partial charge is 0.471 e. The second-order valence-corrected chi connectivity index (χ2v) is 4.71. The van der Waals surface area contributed by atoms with Crippen LogP contribution in [0.1, 0.15) is 28.4 Å². The zero-order chi connectivity index (χ0) is 13.5. The standard InChI is InChI=1S/C11H7BrF3NO2/c12-6-3-1-2-5-7(4-8(17)9(5)6)16-10(18)11(13,14)15/h1-3,7H,4H2,(H,16,18). The molecule has 0 saturated heterocycles. The molecule has 0 aliphatic heterocycles. The van der Waals surface area contributed by atoms with Gasteiger partial charge in [-0.15, -0.1) is 0 Å². The number of carbonyl (C=O) groups excluding carboxylic acids is 2. The number of amides is 1. The van der Waals surface area contributed by atoms with Crippen molar-refractivity contribution in [2.75, 3.05) is 0 Å². The molecule has 0 heterocycles. The maximum atomic E-state index is 12.1. The normalized spacial score (nSPS) is 18.7. The predicted octanol–water partition coefficient (Wildman–Crippen LogP) is 2.76. The van der Waals surface area contributed by atoms with E-state index in [-0.39, 0.29) is 12.2 Å². The Morgan fingerprint density at radius 3 is 2.67 bits per heavy atom. The van der Waals surface area contributed by atoms with Gasteiger partial charge in [-0.1, -0.05) is 28.1 Å². The molecule has 3 nitrogen and oxygen atoms in total. The fourth-order valence-electron chi connectivity index (χ4n) is 1.89. The zero-order valence-electron chi connectivity index (χ0n) is 8.84. The summed E-state index contributed by atoms with van der Waals surface area (Å²) in [6, 6.07) is 3.85. The van der Waals surface area contributed by atoms with Crippen molar-refractivity contribution in [1.29, 1.82) is 0 Å². The summed E-state index contributed by atoms with van der Waals surface area (Å²) in [5.74, 6) is -2.32. The molecule has 1 unspecified atom stereocenters. The van der Waals surface area contributed by atoms with Crippen LogP contribution in [-0.4, -0.2) is 17.9 Å². The number of rotatable bonds is 1. The first-order valence-electron chi connectivity index (χ1n) is 5.00. The third-order valence-electron chi connectivity index (χ3n) is 2.65. The average molecular weight is 322 g/mol. The van der Waals surface area contributed by atoms with Crippen molar-refractivity contribution in [2.24, 2.45) is 0 Å². The van der Waals surface area contributed by atoms with Crippen LogP contribution < -0.4 is 5.32 Å². The summed E-state index contributed by atoms with van der Waals surface area (Å²) in [5, 5.41) is 1.83. The van der Waals surface area contributed by atoms with Crippen molar-refractivity contribution in [1.82, 2.24) is 5.32 Å². The van der Waals surface area contributed by atoms with E-state index in [0.717, 1.165) is 0 Å². The van der Waals surface area contributed by atoms with Crippen LogP contribution in [0.5, 0.6) is 0 Å². The third kappa shape index (κ3) is 2.27. The van der Waals surface area contributed by atoms with E-state index in [2.05, 4.69) is 15.9 Å². The van der Waals surface area contributed by atoms with E-state index in [4.69, 9.17) is 0 Å². The van der Waals surface area contributed by atoms with Crippen LogP contribution in [0.4, 0.5) is 13.2 Å². The smallest absolute Gasteiger partial charge is 0.341 e. The SMILES string of the molecule is O=C1CC(NC(=O)C(F)(F)F)c2cccc(Br)c21. The summed E-state index contributed by atoms with van der Waals surface area (Å²) < 4.78 is 37.0. The summed E-state index contributed by atoms with van der Waals surface area (Å²) in [5.41, 5.74) is 0.747. The van der Waals surface area contributed by atoms with Gasteiger partial charge in [0.2, 0.25) is 0 Å². The molecule has 1 atom stereocenters. The Balaban J connectivity index is 2.28. The summed E-state index contributed by atoms with van der Waals surface area (Å²) in [7, 11) is 0. The van der Waals surface area contributed by atoms with Crippen molar-refractivity contribution < 1.29 is 22.8 Å². The molecule has 0 radical (unpaired) electrons. The number of Topliss-reactive ketones (excluding diaryl/α,β-unsaturated/α-hetero) is 1. The molecule has 0 bridgehead atoms. The lowest BCUT2D eigenvalue weighted by molar-refractivity contribution is -0.174. The van der Waals surface area contributed by atoms with Crippen LogP contribution in [0, 0.1) is 0 Å². The summed E-state index contributed by atoms with van der Waals surface area (Å²) in [4.78, 5) is 22.5. The van der Waals surface area contributed by atoms with E-state index in [1.54, 1.807) is 12.1 Å². The summed E-state index contributed by atoms with van der Waals surface area (Å²) >= 11 is 3.17. The second-order valence-electron chi connectivity index (χ2n) is 3.86. The molecule has 0 aromatic heterocycles. The first-order chi connectivity index (χ1) is 8.30. The molecule has 1 aliphatic carbocycles. The first-order valence-corrected chi connectivity index (χ1v) is 5.79. The van der Waals surface area contributed by atoms with Gasteiger partial charge in [-0.2, -0.15) is 13.2 Å². The molecule has 18 heavy (non-hydrogen) atoms. The van der Waals surface area contributed by atoms with E-state index >= 15 is 0 Å². The molecule has 1 N–H and O–H groups in total. The highest BCUT2D eigenvalue weighted by molar-refractivity contribution is 9.10. The number of nitrogens with one attached hydrogen (secondary N) is 1. The minimum absolute atomic E-state index is 0.153. The molecule has 0 saturated carbocycles. The van der Waals surface area contributed by atoms with Gasteiger partial charge >= 0.3 is 12.1 Å². The number of carbonyl (C=O) groups is 2. The molecular formula is C11H7BrF3NO2. The second kappa shape index (κ2) is 4.38. The lowest BCUT2D eigenvalue weighted by atomic mass is 10.1. The zero-order valence-corrected chi connectivity index (χ0v) is 10.4. The Hall–Kier alpha value is -1.37. The highest BCUT2D eigenvalue weighted by Crippen LogP contribution is 2.36. The molecule has 1 aliphatic rings. The van der Waals surface area contributed by atoms with Crippen LogP contribution in [0.15, 0.2) is 22.7 Å². The van der Waals surface area contributed by atoms with Crippen LogP contribution in [0.25, 0.3) is 0 Å². The summed E-state index contributed by atoms with van der Waals surface area (Å²) in [6.45, 7) is 0. The van der Waals surface area contributed by atoms with Gasteiger partial charge in [-0.3, -0.25) is 9.59 Å². The monoisotopic (exact) mass is 321 g/mol. The van der Waals surface area contributed by atoms with Crippen LogP contribution >= 0.6 is 15.9 Å². The molecule has 1 amide bonds. The Kier molecular flexibility index (Phi) is 3.18. The lowest BCUT2D eigenvalue weighted by Gasteiger charge is -2.14. The van der Waals surface area contributed by atoms with Crippen molar-refractivity contribution in [3.8, 4) is 0 Å². The maximum Gasteiger partial charge on any atom is 0.471 e. The van der Waals surface area contributed by atoms with Gasteiger partial charge in [0, 0.05) is 16.5 Å². The number of hydrogen-bond donors (Lipinski definition) is 1. The van der Waals surface area contributed by atoms with Crippen molar-refractivity contribution >= 4 is 27.6 Å². The number of hydrogen-bond acceptors (Lipinski definition) is 2. The van der Waals surface area contributed by atoms with E-state index in [9.17, 15) is 22.8 Å². The lowest BCUT2D eigenvalue weighted by Crippen LogP contribution is -2.38. The molecule has 96 valence electrons. The summed E-state index contributed by atoms with van der Waals surface area (Å²) in [6.07, 6.45) is -5.10. The van der Waals surface area contributed by atoms with E-state index in [1.165, 1.54) is 6.07 Å². The van der Waals surface area contributed by atoms with Gasteiger partial charge in [0.1, 0.15) is 0 Å². The predicted molar refractivity (Wildman–Crippen MR) is 60.0 cm³/mol. The van der Waals surface area contributed by atoms with Gasteiger partial charge < -0.3 is 5.32 Å². The molecular weight excluding hydrogens is 315 g/mol. The van der Waals surface area contributed by atoms with Crippen molar-refractivity contribution in [3.63, 3.8) is 0 Å². The van der Waals surface area contributed by atoms with Gasteiger partial charge in [0.05, 0.1) is 6.04 Å². The van der Waals surface area contributed by atoms with Gasteiger partial charge in [0.25, 0.3) is 0 Å². The molecule has 1 aromatic rings. The first kappa shape index (κ1) is 13.1. The van der Waals surface area contributed by atoms with Gasteiger partial charge in [-0.25, -0.2) is 0 Å². The van der Waals surface area contributed by atoms with Crippen LogP contribution in [0.3, 0.4) is 0 Å². The van der Waals surface area contributed by atoms with E-state index in [0.29, 0.717) is 15.6 Å². The van der Waals surface area contributed by atoms with Gasteiger partial charge in [0.15, 0.2) is 5.78 Å². The Morgan fingerprint density at radius 1 is 1.39 bits per heavy atom. The molecule has 0 spiro atoms. The van der Waals surface area contributed by atoms with Crippen LogP contribution in [-0.2, 0) is 4.79 Å². The third-order valence-corrected chi connectivity index (χ3v) is 3.31. The minimum Gasteiger partial charge on any atom is -0.341 e. The molecule has 7 heteroatoms. The Bertz CT molecular complexity index is 528. The molecule has 0 fully saturated rings. The quantitative estimate of drug-likeness (QED) is 0.864. The number of alkyl halides is 3. The van der Waals surface area contributed by atoms with E-state index in [1.807, 2.05) is 5.32 Å². The van der Waals surface area contributed by atoms with E-state index < -0.39 is 18.1 Å². The highest BCUT2D eigenvalue weighted by Gasteiger charge is 2.42. The maximum absolute atomic E-state index is 12.1. The average Bonchev–Trinajstić information content (AvgIpc) is 2.56. The van der Waals surface area contributed by atoms with Crippen LogP contribution in [0.2, 0.25) is 0 Å². The number of halogens is 4. The number of ketones is 1. The Labute approximate surface area is 108 Å². The van der Waals surface area contributed by atoms with Gasteiger partial charge in [-0.05, 0) is 11.6 Å². The van der Waals surface area contributed by atoms with Crippen molar-refractivity contribution in [3.05, 3.63) is 33.8 Å². The highest BCUT2D eigenvalue weighted by atomic mass is 79.9. The molecule has 1 aromatic carbocycles. The Morgan fingerprint density at radius 2 is 2.06 bits per heavy atom. The number of benzene rings is 1. The molecule has 2 rings (SSSR count). The fraction of sp³-hybridized carbons (Fsp3) is 0.273. The fourth-order valence-corrected chi connectivity index (χ4v) is 2.49. The topological polar surface area (TPSA) is 46.2 Å². The van der Waals surface area contributed by atoms with Crippen molar-refractivity contribution in [2.45, 2.75) is 18.6 Å².